The van der Waals surface area contributed by atoms with Gasteiger partial charge in [0.05, 0.1) is 16.7 Å². The summed E-state index contributed by atoms with van der Waals surface area (Å²) in [6.07, 6.45) is -4.61. The van der Waals surface area contributed by atoms with Crippen molar-refractivity contribution in [2.75, 3.05) is 53.4 Å². The van der Waals surface area contributed by atoms with Crippen LogP contribution in [0.2, 0.25) is 0 Å². The summed E-state index contributed by atoms with van der Waals surface area (Å²) in [7, 11) is 3.85. The maximum atomic E-state index is 13.3. The van der Waals surface area contributed by atoms with Crippen molar-refractivity contribution in [2.45, 2.75) is 6.18 Å². The van der Waals surface area contributed by atoms with Crippen molar-refractivity contribution in [3.63, 3.8) is 0 Å². The molecule has 0 aromatic heterocycles. The van der Waals surface area contributed by atoms with Gasteiger partial charge in [0.25, 0.3) is 11.8 Å². The van der Waals surface area contributed by atoms with Gasteiger partial charge in [-0.3, -0.25) is 9.59 Å². The van der Waals surface area contributed by atoms with Gasteiger partial charge in [0.2, 0.25) is 0 Å². The van der Waals surface area contributed by atoms with Gasteiger partial charge < -0.3 is 19.4 Å². The van der Waals surface area contributed by atoms with Gasteiger partial charge in [-0.2, -0.15) is 13.2 Å². The lowest BCUT2D eigenvalue weighted by Crippen LogP contribution is -2.50. The lowest BCUT2D eigenvalue weighted by atomic mass is 10.1. The van der Waals surface area contributed by atoms with Crippen LogP contribution in [0.1, 0.15) is 26.3 Å². The topological polar surface area (TPSA) is 53.1 Å². The summed E-state index contributed by atoms with van der Waals surface area (Å²) >= 11 is 0. The first-order valence-corrected chi connectivity index (χ1v) is 10.3. The zero-order valence-electron chi connectivity index (χ0n) is 18.1. The molecule has 0 unspecified atom stereocenters. The molecule has 0 spiro atoms. The summed E-state index contributed by atoms with van der Waals surface area (Å²) in [5.74, 6) is -0.428. The summed E-state index contributed by atoms with van der Waals surface area (Å²) in [5.41, 5.74) is -0.903. The fraction of sp³-hybridized carbons (Fsp3) is 0.391. The Morgan fingerprint density at radius 1 is 0.875 bits per heavy atom. The zero-order valence-corrected chi connectivity index (χ0v) is 18.1. The minimum Gasteiger partial charge on any atom is -0.491 e. The zero-order chi connectivity index (χ0) is 23.3. The number of hydrogen-bond donors (Lipinski definition) is 0. The van der Waals surface area contributed by atoms with E-state index in [-0.39, 0.29) is 37.6 Å². The molecule has 32 heavy (non-hydrogen) atoms. The molecule has 0 saturated carbocycles. The van der Waals surface area contributed by atoms with Crippen molar-refractivity contribution in [1.82, 2.24) is 14.7 Å². The summed E-state index contributed by atoms with van der Waals surface area (Å²) in [4.78, 5) is 30.7. The Morgan fingerprint density at radius 2 is 1.38 bits per heavy atom. The second-order valence-corrected chi connectivity index (χ2v) is 7.78. The number of hydrogen-bond acceptors (Lipinski definition) is 4. The number of rotatable bonds is 6. The van der Waals surface area contributed by atoms with E-state index in [0.717, 1.165) is 6.07 Å². The van der Waals surface area contributed by atoms with E-state index in [1.54, 1.807) is 29.2 Å². The van der Waals surface area contributed by atoms with E-state index in [1.807, 2.05) is 19.0 Å². The average molecular weight is 449 g/mol. The van der Waals surface area contributed by atoms with Crippen molar-refractivity contribution in [3.05, 3.63) is 65.2 Å². The summed E-state index contributed by atoms with van der Waals surface area (Å²) in [5, 5.41) is 0. The first-order chi connectivity index (χ1) is 15.2. The van der Waals surface area contributed by atoms with Crippen molar-refractivity contribution in [2.24, 2.45) is 0 Å². The van der Waals surface area contributed by atoms with E-state index >= 15 is 0 Å². The molecule has 0 aliphatic carbocycles. The van der Waals surface area contributed by atoms with Crippen LogP contribution in [0.25, 0.3) is 0 Å². The highest BCUT2D eigenvalue weighted by Gasteiger charge is 2.36. The number of para-hydroxylation sites is 1. The molecule has 172 valence electrons. The molecule has 1 aliphatic rings. The molecule has 1 heterocycles. The van der Waals surface area contributed by atoms with Gasteiger partial charge in [0.1, 0.15) is 12.4 Å². The van der Waals surface area contributed by atoms with Crippen LogP contribution in [0.3, 0.4) is 0 Å². The van der Waals surface area contributed by atoms with Crippen molar-refractivity contribution in [3.8, 4) is 5.75 Å². The molecular weight excluding hydrogens is 423 g/mol. The minimum atomic E-state index is -4.61. The number of carbonyl (C=O) groups is 2. The van der Waals surface area contributed by atoms with Crippen LogP contribution < -0.4 is 4.74 Å². The van der Waals surface area contributed by atoms with E-state index in [1.165, 1.54) is 23.1 Å². The van der Waals surface area contributed by atoms with Gasteiger partial charge in [-0.05, 0) is 38.4 Å². The highest BCUT2D eigenvalue weighted by Crippen LogP contribution is 2.32. The third kappa shape index (κ3) is 5.59. The van der Waals surface area contributed by atoms with Gasteiger partial charge in [-0.1, -0.05) is 24.3 Å². The SMILES string of the molecule is CN(C)CCOc1ccccc1C(=O)N1CCN(C(=O)c2ccccc2C(F)(F)F)CC1. The van der Waals surface area contributed by atoms with Gasteiger partial charge >= 0.3 is 6.18 Å². The molecule has 3 rings (SSSR count). The Hall–Kier alpha value is -3.07. The van der Waals surface area contributed by atoms with Gasteiger partial charge in [0, 0.05) is 32.7 Å². The van der Waals surface area contributed by atoms with Crippen LogP contribution in [0.15, 0.2) is 48.5 Å². The van der Waals surface area contributed by atoms with Gasteiger partial charge in [0.15, 0.2) is 0 Å². The third-order valence-corrected chi connectivity index (χ3v) is 5.23. The monoisotopic (exact) mass is 449 g/mol. The van der Waals surface area contributed by atoms with Crippen LogP contribution in [0.5, 0.6) is 5.75 Å². The standard InChI is InChI=1S/C23H26F3N3O3/c1-27(2)15-16-32-20-10-6-4-8-18(20)22(31)29-13-11-28(12-14-29)21(30)17-7-3-5-9-19(17)23(24,25)26/h3-10H,11-16H2,1-2H3. The van der Waals surface area contributed by atoms with E-state index < -0.39 is 17.6 Å². The number of benzene rings is 2. The maximum Gasteiger partial charge on any atom is 0.417 e. The fourth-order valence-electron chi connectivity index (χ4n) is 3.48. The number of ether oxygens (including phenoxy) is 1. The van der Waals surface area contributed by atoms with Crippen LogP contribution in [0, 0.1) is 0 Å². The minimum absolute atomic E-state index is 0.153. The van der Waals surface area contributed by atoms with Gasteiger partial charge in [-0.15, -0.1) is 0 Å². The van der Waals surface area contributed by atoms with E-state index in [2.05, 4.69) is 0 Å². The molecule has 2 aromatic carbocycles. The highest BCUT2D eigenvalue weighted by molar-refractivity contribution is 5.98. The van der Waals surface area contributed by atoms with Crippen LogP contribution in [-0.4, -0.2) is 79.9 Å². The largest absolute Gasteiger partial charge is 0.491 e. The molecule has 0 radical (unpaired) electrons. The molecule has 0 atom stereocenters. The average Bonchev–Trinajstić information content (AvgIpc) is 2.78. The molecule has 9 heteroatoms. The Labute approximate surface area is 185 Å². The molecule has 6 nitrogen and oxygen atoms in total. The second-order valence-electron chi connectivity index (χ2n) is 7.78. The number of nitrogens with zero attached hydrogens (tertiary/aromatic N) is 3. The molecule has 2 aromatic rings. The lowest BCUT2D eigenvalue weighted by molar-refractivity contribution is -0.138. The predicted molar refractivity (Wildman–Crippen MR) is 114 cm³/mol. The van der Waals surface area contributed by atoms with Gasteiger partial charge in [-0.25, -0.2) is 0 Å². The van der Waals surface area contributed by atoms with E-state index in [9.17, 15) is 22.8 Å². The first-order valence-electron chi connectivity index (χ1n) is 10.3. The number of alkyl halides is 3. The lowest BCUT2D eigenvalue weighted by Gasteiger charge is -2.35. The molecule has 2 amide bonds. The molecule has 1 saturated heterocycles. The van der Waals surface area contributed by atoms with Crippen LogP contribution >= 0.6 is 0 Å². The Balaban J connectivity index is 1.66. The first kappa shape index (κ1) is 23.6. The number of carbonyl (C=O) groups excluding carboxylic acids is 2. The number of piperazine rings is 1. The third-order valence-electron chi connectivity index (χ3n) is 5.23. The van der Waals surface area contributed by atoms with Crippen molar-refractivity contribution in [1.29, 1.82) is 0 Å². The Bertz CT molecular complexity index is 955. The van der Waals surface area contributed by atoms with Crippen molar-refractivity contribution >= 4 is 11.8 Å². The molecule has 1 aliphatic heterocycles. The normalized spacial score (nSPS) is 14.6. The van der Waals surface area contributed by atoms with Crippen LogP contribution in [0.4, 0.5) is 13.2 Å². The van der Waals surface area contributed by atoms with Crippen molar-refractivity contribution < 1.29 is 27.5 Å². The molecule has 0 N–H and O–H groups in total. The molecule has 0 bridgehead atoms. The molecule has 1 fully saturated rings. The van der Waals surface area contributed by atoms with E-state index in [4.69, 9.17) is 4.74 Å². The second kappa shape index (κ2) is 10.0. The Morgan fingerprint density at radius 3 is 1.94 bits per heavy atom. The van der Waals surface area contributed by atoms with Crippen LogP contribution in [-0.2, 0) is 6.18 Å². The number of amides is 2. The fourth-order valence-corrected chi connectivity index (χ4v) is 3.48. The smallest absolute Gasteiger partial charge is 0.417 e. The summed E-state index contributed by atoms with van der Waals surface area (Å²) < 4.78 is 45.6. The summed E-state index contributed by atoms with van der Waals surface area (Å²) in [6.45, 7) is 1.89. The quantitative estimate of drug-likeness (QED) is 0.680. The molecular formula is C23H26F3N3O3. The Kier molecular flexibility index (Phi) is 7.40. The highest BCUT2D eigenvalue weighted by atomic mass is 19.4. The number of halogens is 3. The maximum absolute atomic E-state index is 13.3. The predicted octanol–water partition coefficient (Wildman–Crippen LogP) is 3.24. The van der Waals surface area contributed by atoms with E-state index in [0.29, 0.717) is 24.5 Å². The number of likely N-dealkylation sites (N-methyl/N-ethyl adjacent to an activating group) is 1. The summed E-state index contributed by atoms with van der Waals surface area (Å²) in [6, 6.07) is 11.7.